The molecule has 1 unspecified atom stereocenters. The number of ether oxygens (including phenoxy) is 3. The lowest BCUT2D eigenvalue weighted by Gasteiger charge is -2.28. The van der Waals surface area contributed by atoms with Crippen LogP contribution < -0.4 is 16.4 Å². The smallest absolute Gasteiger partial charge is 0.416 e. The number of halogens is 3. The summed E-state index contributed by atoms with van der Waals surface area (Å²) in [6.45, 7) is 0. The second-order valence-corrected chi connectivity index (χ2v) is 7.82. The second kappa shape index (κ2) is 11.0. The van der Waals surface area contributed by atoms with Gasteiger partial charge in [0.2, 0.25) is 5.88 Å². The summed E-state index contributed by atoms with van der Waals surface area (Å²) in [6.07, 6.45) is -5.20. The second-order valence-electron chi connectivity index (χ2n) is 7.82. The van der Waals surface area contributed by atoms with Crippen molar-refractivity contribution in [1.82, 2.24) is 0 Å². The molecular formula is C25H21F3N4O6. The fourth-order valence-corrected chi connectivity index (χ4v) is 3.89. The van der Waals surface area contributed by atoms with Crippen molar-refractivity contribution < 1.29 is 41.8 Å². The van der Waals surface area contributed by atoms with E-state index >= 15 is 0 Å². The normalized spacial score (nSPS) is 15.3. The Bertz CT molecular complexity index is 1390. The Labute approximate surface area is 214 Å². The summed E-state index contributed by atoms with van der Waals surface area (Å²) in [6, 6.07) is 10.4. The lowest BCUT2D eigenvalue weighted by molar-refractivity contribution is -0.140. The number of nitrogens with two attached hydrogens (primary N) is 2. The number of hydrogen-bond acceptors (Lipinski definition) is 8. The molecule has 0 bridgehead atoms. The molecule has 0 saturated carbocycles. The zero-order valence-corrected chi connectivity index (χ0v) is 20.0. The predicted molar refractivity (Wildman–Crippen MR) is 126 cm³/mol. The minimum absolute atomic E-state index is 0.0235. The molecule has 4 N–H and O–H groups in total. The summed E-state index contributed by atoms with van der Waals surface area (Å²) in [5.74, 6) is -3.55. The summed E-state index contributed by atoms with van der Waals surface area (Å²) < 4.78 is 54.8. The molecule has 2 aromatic carbocycles. The van der Waals surface area contributed by atoms with E-state index in [4.69, 9.17) is 20.9 Å². The van der Waals surface area contributed by atoms with Gasteiger partial charge >= 0.3 is 24.1 Å². The lowest BCUT2D eigenvalue weighted by atomic mass is 9.82. The first kappa shape index (κ1) is 27.6. The molecule has 198 valence electrons. The Balaban J connectivity index is 2.22. The molecule has 2 amide bonds. The standard InChI is InChI=1S/C25H21F3N4O6/c1-36-19(33)11-18-21(23(34)37-2)20(17(12-29)22(30)38-18)13-5-3-7-15(9-13)32(24(31)35)16-8-4-6-14(10-16)25(26,27)28/h3-10,20H,11,30H2,1-2H3,(H2,31,35). The number of methoxy groups -OCH3 is 2. The Kier molecular flexibility index (Phi) is 7.95. The molecule has 0 spiro atoms. The minimum Gasteiger partial charge on any atom is -0.469 e. The summed E-state index contributed by atoms with van der Waals surface area (Å²) in [7, 11) is 2.20. The molecule has 3 rings (SSSR count). The number of hydrogen-bond donors (Lipinski definition) is 2. The van der Waals surface area contributed by atoms with Gasteiger partial charge in [0.1, 0.15) is 23.8 Å². The highest BCUT2D eigenvalue weighted by molar-refractivity contribution is 5.99. The van der Waals surface area contributed by atoms with Gasteiger partial charge in [-0.25, -0.2) is 9.59 Å². The average Bonchev–Trinajstić information content (AvgIpc) is 2.87. The number of nitriles is 1. The number of primary amides is 1. The van der Waals surface area contributed by atoms with E-state index in [1.807, 2.05) is 6.07 Å². The van der Waals surface area contributed by atoms with Gasteiger partial charge in [0.05, 0.1) is 42.6 Å². The minimum atomic E-state index is -4.68. The van der Waals surface area contributed by atoms with Crippen molar-refractivity contribution in [1.29, 1.82) is 5.26 Å². The zero-order valence-electron chi connectivity index (χ0n) is 20.0. The monoisotopic (exact) mass is 530 g/mol. The van der Waals surface area contributed by atoms with Crippen molar-refractivity contribution in [2.24, 2.45) is 11.5 Å². The van der Waals surface area contributed by atoms with Crippen LogP contribution in [0.2, 0.25) is 0 Å². The lowest BCUT2D eigenvalue weighted by Crippen LogP contribution is -2.32. The van der Waals surface area contributed by atoms with Gasteiger partial charge in [-0.1, -0.05) is 18.2 Å². The quantitative estimate of drug-likeness (QED) is 0.535. The molecule has 0 fully saturated rings. The van der Waals surface area contributed by atoms with E-state index in [0.717, 1.165) is 37.3 Å². The number of esters is 2. The molecular weight excluding hydrogens is 509 g/mol. The van der Waals surface area contributed by atoms with Crippen molar-refractivity contribution >= 4 is 29.3 Å². The van der Waals surface area contributed by atoms with Crippen molar-refractivity contribution in [3.63, 3.8) is 0 Å². The molecule has 1 aliphatic rings. The first-order valence-electron chi connectivity index (χ1n) is 10.7. The molecule has 2 aromatic rings. The third-order valence-corrected chi connectivity index (χ3v) is 5.55. The van der Waals surface area contributed by atoms with Crippen molar-refractivity contribution in [2.45, 2.75) is 18.5 Å². The van der Waals surface area contributed by atoms with Crippen LogP contribution in [0.15, 0.2) is 71.3 Å². The summed E-state index contributed by atoms with van der Waals surface area (Å²) in [5.41, 5.74) is 10.1. The highest BCUT2D eigenvalue weighted by Gasteiger charge is 2.38. The highest BCUT2D eigenvalue weighted by atomic mass is 19.4. The van der Waals surface area contributed by atoms with Crippen LogP contribution in [0.1, 0.15) is 23.5 Å². The Morgan fingerprint density at radius 2 is 1.71 bits per heavy atom. The van der Waals surface area contributed by atoms with Crippen LogP contribution in [-0.2, 0) is 30.0 Å². The Hall–Kier alpha value is -4.99. The van der Waals surface area contributed by atoms with Crippen LogP contribution in [0.25, 0.3) is 0 Å². The summed E-state index contributed by atoms with van der Waals surface area (Å²) in [4.78, 5) is 38.0. The van der Waals surface area contributed by atoms with Gasteiger partial charge in [-0.15, -0.1) is 0 Å². The maximum Gasteiger partial charge on any atom is 0.416 e. The van der Waals surface area contributed by atoms with E-state index in [9.17, 15) is 32.8 Å². The van der Waals surface area contributed by atoms with Crippen LogP contribution in [0, 0.1) is 11.3 Å². The van der Waals surface area contributed by atoms with E-state index in [2.05, 4.69) is 4.74 Å². The fraction of sp³-hybridized carbons (Fsp3) is 0.200. The van der Waals surface area contributed by atoms with Gasteiger partial charge in [-0.05, 0) is 35.9 Å². The Morgan fingerprint density at radius 3 is 2.26 bits per heavy atom. The van der Waals surface area contributed by atoms with Crippen molar-refractivity contribution in [3.8, 4) is 6.07 Å². The molecule has 1 heterocycles. The molecule has 13 heteroatoms. The first-order valence-corrected chi connectivity index (χ1v) is 10.7. The number of allylic oxidation sites excluding steroid dienone is 1. The molecule has 0 aromatic heterocycles. The predicted octanol–water partition coefficient (Wildman–Crippen LogP) is 3.72. The maximum absolute atomic E-state index is 13.3. The van der Waals surface area contributed by atoms with Crippen LogP contribution in [0.3, 0.4) is 0 Å². The van der Waals surface area contributed by atoms with E-state index in [1.54, 1.807) is 0 Å². The third kappa shape index (κ3) is 5.54. The van der Waals surface area contributed by atoms with Crippen LogP contribution in [0.4, 0.5) is 29.3 Å². The number of carbonyl (C=O) groups is 3. The van der Waals surface area contributed by atoms with E-state index in [1.165, 1.54) is 30.3 Å². The first-order chi connectivity index (χ1) is 17.9. The molecule has 0 saturated heterocycles. The van der Waals surface area contributed by atoms with Gasteiger partial charge < -0.3 is 25.7 Å². The molecule has 10 nitrogen and oxygen atoms in total. The molecule has 1 aliphatic heterocycles. The maximum atomic E-state index is 13.3. The summed E-state index contributed by atoms with van der Waals surface area (Å²) >= 11 is 0. The average molecular weight is 530 g/mol. The number of rotatable bonds is 6. The number of carbonyl (C=O) groups excluding carboxylic acids is 3. The number of urea groups is 1. The van der Waals surface area contributed by atoms with E-state index in [-0.39, 0.29) is 39.7 Å². The molecule has 0 aliphatic carbocycles. The molecule has 38 heavy (non-hydrogen) atoms. The largest absolute Gasteiger partial charge is 0.469 e. The topological polar surface area (TPSA) is 158 Å². The SMILES string of the molecule is COC(=O)CC1=C(C(=O)OC)C(c2cccc(N(C(N)=O)c3cccc(C(F)(F)F)c3)c2)C(C#N)=C(N)O1. The zero-order chi connectivity index (χ0) is 28.2. The Morgan fingerprint density at radius 1 is 1.08 bits per heavy atom. The molecule has 0 radical (unpaired) electrons. The van der Waals surface area contributed by atoms with Gasteiger partial charge in [0.25, 0.3) is 0 Å². The summed E-state index contributed by atoms with van der Waals surface area (Å²) in [5, 5.41) is 9.81. The van der Waals surface area contributed by atoms with Crippen LogP contribution >= 0.6 is 0 Å². The number of amides is 2. The molecule has 1 atom stereocenters. The van der Waals surface area contributed by atoms with E-state index in [0.29, 0.717) is 0 Å². The van der Waals surface area contributed by atoms with Crippen LogP contribution in [0.5, 0.6) is 0 Å². The number of alkyl halides is 3. The fourth-order valence-electron chi connectivity index (χ4n) is 3.89. The van der Waals surface area contributed by atoms with Gasteiger partial charge in [0.15, 0.2) is 0 Å². The van der Waals surface area contributed by atoms with Crippen molar-refractivity contribution in [3.05, 3.63) is 82.4 Å². The highest BCUT2D eigenvalue weighted by Crippen LogP contribution is 2.42. The van der Waals surface area contributed by atoms with E-state index < -0.39 is 42.0 Å². The van der Waals surface area contributed by atoms with Crippen LogP contribution in [-0.4, -0.2) is 32.2 Å². The van der Waals surface area contributed by atoms with Gasteiger partial charge in [0, 0.05) is 0 Å². The van der Waals surface area contributed by atoms with Gasteiger partial charge in [-0.3, -0.25) is 9.69 Å². The number of nitrogens with zero attached hydrogens (tertiary/aromatic N) is 2. The number of benzene rings is 2. The number of anilines is 2. The third-order valence-electron chi connectivity index (χ3n) is 5.55. The van der Waals surface area contributed by atoms with Crippen molar-refractivity contribution in [2.75, 3.05) is 19.1 Å². The van der Waals surface area contributed by atoms with Gasteiger partial charge in [-0.2, -0.15) is 18.4 Å².